The topological polar surface area (TPSA) is 80.1 Å². The molecule has 7 nitrogen and oxygen atoms in total. The summed E-state index contributed by atoms with van der Waals surface area (Å²) < 4.78 is 1.47. The first-order chi connectivity index (χ1) is 12.4. The summed E-state index contributed by atoms with van der Waals surface area (Å²) in [6.45, 7) is 6.45. The van der Waals surface area contributed by atoms with E-state index >= 15 is 0 Å². The minimum Gasteiger partial charge on any atom is -0.268 e. The Labute approximate surface area is 152 Å². The molecule has 1 aliphatic heterocycles. The fourth-order valence-corrected chi connectivity index (χ4v) is 2.78. The van der Waals surface area contributed by atoms with E-state index in [4.69, 9.17) is 0 Å². The van der Waals surface area contributed by atoms with Gasteiger partial charge in [0.2, 0.25) is 0 Å². The predicted octanol–water partition coefficient (Wildman–Crippen LogP) is 2.24. The van der Waals surface area contributed by atoms with Gasteiger partial charge in [0, 0.05) is 23.9 Å². The van der Waals surface area contributed by atoms with E-state index in [9.17, 15) is 9.59 Å². The fraction of sp³-hybridized carbons (Fsp3) is 0.263. The van der Waals surface area contributed by atoms with Crippen LogP contribution in [0.25, 0.3) is 17.6 Å². The van der Waals surface area contributed by atoms with E-state index in [0.717, 1.165) is 28.7 Å². The molecular formula is C19H21N5O2. The number of aryl methyl sites for hydroxylation is 2. The van der Waals surface area contributed by atoms with Crippen molar-refractivity contribution in [2.45, 2.75) is 27.2 Å². The summed E-state index contributed by atoms with van der Waals surface area (Å²) in [5, 5.41) is 5.65. The van der Waals surface area contributed by atoms with E-state index in [1.807, 2.05) is 32.9 Å². The van der Waals surface area contributed by atoms with Crippen LogP contribution in [0.15, 0.2) is 42.3 Å². The Morgan fingerprint density at radius 2 is 2.00 bits per heavy atom. The maximum atomic E-state index is 12.0. The third kappa shape index (κ3) is 4.05. The lowest BCUT2D eigenvalue weighted by molar-refractivity contribution is -0.134. The molecule has 2 amide bonds. The number of carbonyl (C=O) groups excluding carboxylic acids is 2. The molecule has 0 bridgehead atoms. The summed E-state index contributed by atoms with van der Waals surface area (Å²) in [5.74, 6) is -0.0117. The molecule has 0 fully saturated rings. The number of aromatic nitrogens is 3. The zero-order valence-corrected chi connectivity index (χ0v) is 15.1. The van der Waals surface area contributed by atoms with E-state index in [2.05, 4.69) is 21.6 Å². The van der Waals surface area contributed by atoms with Gasteiger partial charge in [0.05, 0.1) is 6.54 Å². The summed E-state index contributed by atoms with van der Waals surface area (Å²) >= 11 is 0. The van der Waals surface area contributed by atoms with E-state index in [1.165, 1.54) is 28.3 Å². The molecular weight excluding hydrogens is 330 g/mol. The van der Waals surface area contributed by atoms with Gasteiger partial charge in [0.1, 0.15) is 6.33 Å². The Hall–Kier alpha value is -3.22. The molecule has 1 aromatic heterocycles. The van der Waals surface area contributed by atoms with E-state index in [0.29, 0.717) is 12.4 Å². The molecule has 1 aromatic carbocycles. The number of nitrogens with zero attached hydrogens (tertiary/aromatic N) is 4. The molecule has 2 heterocycles. The fourth-order valence-electron chi connectivity index (χ4n) is 2.78. The second-order valence-electron chi connectivity index (χ2n) is 6.30. The number of hydrazine groups is 1. The van der Waals surface area contributed by atoms with Crippen molar-refractivity contribution in [2.24, 2.45) is 0 Å². The highest BCUT2D eigenvalue weighted by molar-refractivity contribution is 5.96. The van der Waals surface area contributed by atoms with Crippen LogP contribution in [0.5, 0.6) is 0 Å². The van der Waals surface area contributed by atoms with Crippen LogP contribution < -0.4 is 5.43 Å². The maximum Gasteiger partial charge on any atom is 0.265 e. The third-order valence-electron chi connectivity index (χ3n) is 4.02. The van der Waals surface area contributed by atoms with Crippen LogP contribution in [-0.2, 0) is 9.59 Å². The number of rotatable bonds is 5. The predicted molar refractivity (Wildman–Crippen MR) is 98.5 cm³/mol. The first-order valence-corrected chi connectivity index (χ1v) is 8.44. The normalized spacial score (nSPS) is 14.2. The van der Waals surface area contributed by atoms with Crippen molar-refractivity contribution in [2.75, 3.05) is 6.54 Å². The monoisotopic (exact) mass is 351 g/mol. The zero-order chi connectivity index (χ0) is 18.7. The molecule has 0 spiro atoms. The molecule has 2 aromatic rings. The molecule has 134 valence electrons. The van der Waals surface area contributed by atoms with Gasteiger partial charge in [-0.1, -0.05) is 24.1 Å². The second-order valence-corrected chi connectivity index (χ2v) is 6.30. The molecule has 0 radical (unpaired) electrons. The van der Waals surface area contributed by atoms with Gasteiger partial charge in [-0.3, -0.25) is 15.0 Å². The van der Waals surface area contributed by atoms with Crippen molar-refractivity contribution in [3.63, 3.8) is 0 Å². The van der Waals surface area contributed by atoms with Gasteiger partial charge in [0.15, 0.2) is 5.82 Å². The van der Waals surface area contributed by atoms with Gasteiger partial charge < -0.3 is 0 Å². The number of benzene rings is 1. The third-order valence-corrected chi connectivity index (χ3v) is 4.02. The Balaban J connectivity index is 1.63. The molecule has 7 heteroatoms. The van der Waals surface area contributed by atoms with Crippen LogP contribution in [0, 0.1) is 13.8 Å². The molecule has 0 unspecified atom stereocenters. The Bertz CT molecular complexity index is 890. The SMILES string of the molecule is CCC1=CC(=O)N(NC(=O)/C=C\n2cnc(-c3cc(C)cc(C)c3)n2)C1. The average molecular weight is 351 g/mol. The standard InChI is InChI=1S/C19H21N5O2/c1-4-15-10-18(26)24(11-15)21-17(25)5-6-23-12-20-19(22-23)16-8-13(2)7-14(3)9-16/h5-10,12H,4,11H2,1-3H3,(H,21,25)/b6-5-. The molecule has 0 saturated heterocycles. The second kappa shape index (κ2) is 7.35. The van der Waals surface area contributed by atoms with Crippen LogP contribution in [0.1, 0.15) is 24.5 Å². The smallest absolute Gasteiger partial charge is 0.265 e. The zero-order valence-electron chi connectivity index (χ0n) is 15.1. The van der Waals surface area contributed by atoms with E-state index in [1.54, 1.807) is 6.08 Å². The van der Waals surface area contributed by atoms with Crippen LogP contribution in [0.3, 0.4) is 0 Å². The van der Waals surface area contributed by atoms with Crippen LogP contribution in [-0.4, -0.2) is 38.1 Å². The number of hydrogen-bond donors (Lipinski definition) is 1. The van der Waals surface area contributed by atoms with E-state index in [-0.39, 0.29) is 5.91 Å². The Morgan fingerprint density at radius 1 is 1.27 bits per heavy atom. The number of amides is 2. The summed E-state index contributed by atoms with van der Waals surface area (Å²) in [6, 6.07) is 6.12. The highest BCUT2D eigenvalue weighted by Gasteiger charge is 2.21. The molecule has 0 aliphatic carbocycles. The molecule has 3 rings (SSSR count). The summed E-state index contributed by atoms with van der Waals surface area (Å²) in [6.07, 6.45) is 6.69. The lowest BCUT2D eigenvalue weighted by Crippen LogP contribution is -2.42. The van der Waals surface area contributed by atoms with Crippen molar-refractivity contribution in [1.82, 2.24) is 25.2 Å². The van der Waals surface area contributed by atoms with Gasteiger partial charge in [-0.15, -0.1) is 5.10 Å². The minimum absolute atomic E-state index is 0.207. The van der Waals surface area contributed by atoms with Crippen LogP contribution in [0.2, 0.25) is 0 Å². The quantitative estimate of drug-likeness (QED) is 0.838. The van der Waals surface area contributed by atoms with Gasteiger partial charge in [-0.2, -0.15) is 0 Å². The Kier molecular flexibility index (Phi) is 4.97. The molecule has 26 heavy (non-hydrogen) atoms. The van der Waals surface area contributed by atoms with Gasteiger partial charge in [-0.25, -0.2) is 14.7 Å². The van der Waals surface area contributed by atoms with Crippen molar-refractivity contribution < 1.29 is 9.59 Å². The first-order valence-electron chi connectivity index (χ1n) is 8.44. The first kappa shape index (κ1) is 17.6. The van der Waals surface area contributed by atoms with Crippen molar-refractivity contribution in [3.05, 3.63) is 53.4 Å². The van der Waals surface area contributed by atoms with Crippen LogP contribution in [0.4, 0.5) is 0 Å². The highest BCUT2D eigenvalue weighted by Crippen LogP contribution is 2.18. The van der Waals surface area contributed by atoms with Crippen molar-refractivity contribution in [3.8, 4) is 11.4 Å². The maximum absolute atomic E-state index is 12.0. The summed E-state index contributed by atoms with van der Waals surface area (Å²) in [4.78, 5) is 28.0. The molecule has 1 N–H and O–H groups in total. The summed E-state index contributed by atoms with van der Waals surface area (Å²) in [7, 11) is 0. The van der Waals surface area contributed by atoms with Crippen LogP contribution >= 0.6 is 0 Å². The number of carbonyl (C=O) groups is 2. The molecule has 0 saturated carbocycles. The minimum atomic E-state index is -0.396. The lowest BCUT2D eigenvalue weighted by Gasteiger charge is -2.16. The highest BCUT2D eigenvalue weighted by atomic mass is 16.2. The molecule has 0 atom stereocenters. The number of hydrogen-bond acceptors (Lipinski definition) is 4. The van der Waals surface area contributed by atoms with Gasteiger partial charge >= 0.3 is 0 Å². The van der Waals surface area contributed by atoms with Crippen molar-refractivity contribution >= 4 is 18.0 Å². The lowest BCUT2D eigenvalue weighted by atomic mass is 10.1. The average Bonchev–Trinajstić information content (AvgIpc) is 3.19. The molecule has 1 aliphatic rings. The van der Waals surface area contributed by atoms with Crippen molar-refractivity contribution in [1.29, 1.82) is 0 Å². The Morgan fingerprint density at radius 3 is 2.65 bits per heavy atom. The largest absolute Gasteiger partial charge is 0.268 e. The summed E-state index contributed by atoms with van der Waals surface area (Å²) in [5.41, 5.74) is 6.77. The van der Waals surface area contributed by atoms with Gasteiger partial charge in [-0.05, 0) is 38.0 Å². The van der Waals surface area contributed by atoms with E-state index < -0.39 is 5.91 Å². The van der Waals surface area contributed by atoms with Gasteiger partial charge in [0.25, 0.3) is 11.8 Å². The number of nitrogens with one attached hydrogen (secondary N) is 1.